The average molecular weight is 568 g/mol. The van der Waals surface area contributed by atoms with Gasteiger partial charge in [0.1, 0.15) is 5.82 Å². The second kappa shape index (κ2) is 10.5. The van der Waals surface area contributed by atoms with E-state index in [4.69, 9.17) is 23.2 Å². The van der Waals surface area contributed by atoms with Crippen LogP contribution in [0, 0.1) is 0 Å². The highest BCUT2D eigenvalue weighted by atomic mass is 35.5. The van der Waals surface area contributed by atoms with Gasteiger partial charge in [-0.3, -0.25) is 4.90 Å². The molecule has 1 aromatic carbocycles. The number of benzene rings is 1. The number of rotatable bonds is 6. The van der Waals surface area contributed by atoms with Crippen LogP contribution in [0.25, 0.3) is 10.9 Å². The topological polar surface area (TPSA) is 71.2 Å². The van der Waals surface area contributed by atoms with Crippen molar-refractivity contribution in [1.82, 2.24) is 30.8 Å². The van der Waals surface area contributed by atoms with E-state index in [0.29, 0.717) is 38.0 Å². The molecule has 0 amide bonds. The van der Waals surface area contributed by atoms with Gasteiger partial charge in [-0.05, 0) is 42.3 Å². The fraction of sp³-hybridized carbons (Fsp3) is 0.500. The molecule has 2 aromatic heterocycles. The molecule has 2 atom stereocenters. The highest BCUT2D eigenvalue weighted by Crippen LogP contribution is 2.37. The lowest BCUT2D eigenvalue weighted by Crippen LogP contribution is -2.59. The van der Waals surface area contributed by atoms with E-state index in [2.05, 4.69) is 30.8 Å². The molecule has 0 aliphatic carbocycles. The molecular weight excluding hydrogens is 538 g/mol. The van der Waals surface area contributed by atoms with Gasteiger partial charge >= 0.3 is 6.18 Å². The number of hydrogen-bond acceptors (Lipinski definition) is 6. The maximum Gasteiger partial charge on any atom is 0.434 e. The third kappa shape index (κ3) is 5.10. The van der Waals surface area contributed by atoms with Crippen molar-refractivity contribution in [2.75, 3.05) is 57.3 Å². The molecule has 0 spiro atoms. The van der Waals surface area contributed by atoms with Crippen LogP contribution in [0.3, 0.4) is 0 Å². The number of nitrogens with one attached hydrogen (secondary N) is 4. The van der Waals surface area contributed by atoms with E-state index < -0.39 is 11.9 Å². The molecule has 2 saturated heterocycles. The Morgan fingerprint density at radius 1 is 1.05 bits per heavy atom. The van der Waals surface area contributed by atoms with Gasteiger partial charge in [0.2, 0.25) is 0 Å². The molecule has 3 aliphatic heterocycles. The Labute approximate surface area is 229 Å². The predicted molar refractivity (Wildman–Crippen MR) is 144 cm³/mol. The van der Waals surface area contributed by atoms with Crippen molar-refractivity contribution < 1.29 is 13.2 Å². The summed E-state index contributed by atoms with van der Waals surface area (Å²) in [6.45, 7) is 6.10. The van der Waals surface area contributed by atoms with Crippen LogP contribution in [0.15, 0.2) is 30.3 Å². The van der Waals surface area contributed by atoms with Gasteiger partial charge in [0.15, 0.2) is 5.69 Å². The molecule has 2 fully saturated rings. The van der Waals surface area contributed by atoms with Crippen molar-refractivity contribution >= 4 is 39.9 Å². The maximum atomic E-state index is 13.5. The third-order valence-electron chi connectivity index (χ3n) is 7.90. The molecule has 38 heavy (non-hydrogen) atoms. The number of H-pyrrole nitrogens is 1. The Kier molecular flexibility index (Phi) is 7.21. The molecule has 204 valence electrons. The lowest BCUT2D eigenvalue weighted by molar-refractivity contribution is -0.141. The standard InChI is InChI=1S/C26H30Cl2F3N7/c27-15-1-3-21-19(9-15)18-5-7-37(22(24(18)35-21)13-34-16-10-33-11-16)14-17-12-32-6-8-38(17)23-4-2-20(28)25(36-23)26(29,30)31/h1-4,9,16-17,22,32-35H,5-8,10-14H2. The first-order valence-corrected chi connectivity index (χ1v) is 13.7. The molecule has 3 aromatic rings. The van der Waals surface area contributed by atoms with Gasteiger partial charge in [-0.1, -0.05) is 23.2 Å². The summed E-state index contributed by atoms with van der Waals surface area (Å²) in [5, 5.41) is 11.9. The summed E-state index contributed by atoms with van der Waals surface area (Å²) < 4.78 is 40.6. The highest BCUT2D eigenvalue weighted by Gasteiger charge is 2.38. The lowest BCUT2D eigenvalue weighted by atomic mass is 9.95. The summed E-state index contributed by atoms with van der Waals surface area (Å²) in [6, 6.07) is 9.33. The zero-order valence-electron chi connectivity index (χ0n) is 20.7. The number of pyridine rings is 1. The first-order chi connectivity index (χ1) is 18.3. The molecule has 3 aliphatic rings. The number of aromatic nitrogens is 2. The number of nitrogens with zero attached hydrogens (tertiary/aromatic N) is 3. The SMILES string of the molecule is FC(F)(F)c1nc(N2CCNCC2CN2CCc3c([nH]c4ccc(Cl)cc34)C2CNC2CNC2)ccc1Cl. The highest BCUT2D eigenvalue weighted by molar-refractivity contribution is 6.31. The van der Waals surface area contributed by atoms with E-state index in [1.54, 1.807) is 6.07 Å². The molecule has 0 bridgehead atoms. The fourth-order valence-electron chi connectivity index (χ4n) is 5.84. The summed E-state index contributed by atoms with van der Waals surface area (Å²) in [6.07, 6.45) is -3.74. The van der Waals surface area contributed by atoms with Gasteiger partial charge in [0, 0.05) is 80.0 Å². The Morgan fingerprint density at radius 2 is 1.89 bits per heavy atom. The van der Waals surface area contributed by atoms with Crippen molar-refractivity contribution in [1.29, 1.82) is 0 Å². The molecular formula is C26H30Cl2F3N7. The van der Waals surface area contributed by atoms with Crippen LogP contribution in [0.4, 0.5) is 19.0 Å². The number of aromatic amines is 1. The van der Waals surface area contributed by atoms with Crippen molar-refractivity contribution in [3.63, 3.8) is 0 Å². The summed E-state index contributed by atoms with van der Waals surface area (Å²) in [4.78, 5) is 12.1. The molecule has 2 unspecified atom stereocenters. The molecule has 0 saturated carbocycles. The number of hydrogen-bond donors (Lipinski definition) is 4. The van der Waals surface area contributed by atoms with E-state index in [-0.39, 0.29) is 17.1 Å². The van der Waals surface area contributed by atoms with Crippen molar-refractivity contribution in [2.45, 2.75) is 30.7 Å². The summed E-state index contributed by atoms with van der Waals surface area (Å²) >= 11 is 12.2. The summed E-state index contributed by atoms with van der Waals surface area (Å²) in [5.41, 5.74) is 2.52. The van der Waals surface area contributed by atoms with Crippen LogP contribution in [-0.2, 0) is 12.6 Å². The predicted octanol–water partition coefficient (Wildman–Crippen LogP) is 3.83. The minimum Gasteiger partial charge on any atom is -0.357 e. The Hall–Kier alpha value is -2.08. The molecule has 4 N–H and O–H groups in total. The normalized spacial score (nSPS) is 23.0. The second-order valence-corrected chi connectivity index (χ2v) is 11.1. The molecule has 12 heteroatoms. The van der Waals surface area contributed by atoms with Crippen LogP contribution in [0.5, 0.6) is 0 Å². The Balaban J connectivity index is 1.29. The minimum atomic E-state index is -4.61. The van der Waals surface area contributed by atoms with E-state index in [9.17, 15) is 13.2 Å². The smallest absolute Gasteiger partial charge is 0.357 e. The van der Waals surface area contributed by atoms with Gasteiger partial charge in [-0.25, -0.2) is 4.98 Å². The summed E-state index contributed by atoms with van der Waals surface area (Å²) in [5.74, 6) is 0.307. The molecule has 6 rings (SSSR count). The van der Waals surface area contributed by atoms with Gasteiger partial charge in [-0.2, -0.15) is 13.2 Å². The lowest BCUT2D eigenvalue weighted by Gasteiger charge is -2.44. The van der Waals surface area contributed by atoms with Gasteiger partial charge < -0.3 is 25.8 Å². The van der Waals surface area contributed by atoms with Crippen molar-refractivity contribution in [3.8, 4) is 0 Å². The first kappa shape index (κ1) is 26.2. The van der Waals surface area contributed by atoms with E-state index >= 15 is 0 Å². The Bertz CT molecular complexity index is 1310. The largest absolute Gasteiger partial charge is 0.434 e. The van der Waals surface area contributed by atoms with Crippen LogP contribution in [0.1, 0.15) is 23.0 Å². The van der Waals surface area contributed by atoms with Gasteiger partial charge in [0.25, 0.3) is 0 Å². The van der Waals surface area contributed by atoms with Crippen LogP contribution in [0.2, 0.25) is 10.0 Å². The number of halogens is 5. The first-order valence-electron chi connectivity index (χ1n) is 13.0. The average Bonchev–Trinajstić information content (AvgIpc) is 3.22. The van der Waals surface area contributed by atoms with Crippen molar-refractivity contribution in [2.24, 2.45) is 0 Å². The number of anilines is 1. The fourth-order valence-corrected chi connectivity index (χ4v) is 6.22. The van der Waals surface area contributed by atoms with Gasteiger partial charge in [-0.15, -0.1) is 0 Å². The van der Waals surface area contributed by atoms with Crippen LogP contribution >= 0.6 is 23.2 Å². The number of fused-ring (bicyclic) bond motifs is 3. The van der Waals surface area contributed by atoms with E-state index in [1.165, 1.54) is 17.3 Å². The zero-order valence-corrected chi connectivity index (χ0v) is 22.2. The quantitative estimate of drug-likeness (QED) is 0.363. The molecule has 5 heterocycles. The van der Waals surface area contributed by atoms with Crippen LogP contribution < -0.4 is 20.9 Å². The maximum absolute atomic E-state index is 13.5. The zero-order chi connectivity index (χ0) is 26.4. The second-order valence-electron chi connectivity index (χ2n) is 10.3. The number of alkyl halides is 3. The monoisotopic (exact) mass is 567 g/mol. The van der Waals surface area contributed by atoms with Gasteiger partial charge in [0.05, 0.1) is 17.1 Å². The summed E-state index contributed by atoms with van der Waals surface area (Å²) in [7, 11) is 0. The van der Waals surface area contributed by atoms with Crippen molar-refractivity contribution in [3.05, 3.63) is 57.3 Å². The van der Waals surface area contributed by atoms with Crippen LogP contribution in [-0.4, -0.2) is 79.3 Å². The minimum absolute atomic E-state index is 0.0493. The third-order valence-corrected chi connectivity index (χ3v) is 8.44. The van der Waals surface area contributed by atoms with E-state index in [1.807, 2.05) is 23.1 Å². The molecule has 0 radical (unpaired) electrons. The molecule has 7 nitrogen and oxygen atoms in total. The van der Waals surface area contributed by atoms with E-state index in [0.717, 1.165) is 48.5 Å². The number of piperazine rings is 1. The Morgan fingerprint density at radius 3 is 2.66 bits per heavy atom.